The molecule has 0 aliphatic carbocycles. The van der Waals surface area contributed by atoms with Crippen LogP contribution in [-0.2, 0) is 11.3 Å². The summed E-state index contributed by atoms with van der Waals surface area (Å²) in [5, 5.41) is 10.7. The summed E-state index contributed by atoms with van der Waals surface area (Å²) in [6, 6.07) is 15.5. The van der Waals surface area contributed by atoms with Gasteiger partial charge in [-0.15, -0.1) is 0 Å². The molecule has 0 spiro atoms. The summed E-state index contributed by atoms with van der Waals surface area (Å²) in [5.74, 6) is -1.33. The van der Waals surface area contributed by atoms with Crippen LogP contribution in [0.25, 0.3) is 0 Å². The molecule has 1 unspecified atom stereocenters. The first-order chi connectivity index (χ1) is 14.6. The van der Waals surface area contributed by atoms with Crippen LogP contribution in [0.4, 0.5) is 0 Å². The number of aliphatic hydroxyl groups is 1. The van der Waals surface area contributed by atoms with E-state index in [2.05, 4.69) is 20.9 Å². The van der Waals surface area contributed by atoms with Crippen LogP contribution in [0, 0.1) is 0 Å². The van der Waals surface area contributed by atoms with Gasteiger partial charge in [0.1, 0.15) is 0 Å². The Balaban J connectivity index is 1.67. The van der Waals surface area contributed by atoms with E-state index in [-0.39, 0.29) is 11.4 Å². The van der Waals surface area contributed by atoms with Crippen molar-refractivity contribution in [2.24, 2.45) is 0 Å². The Morgan fingerprint density at radius 2 is 1.80 bits per heavy atom. The summed E-state index contributed by atoms with van der Waals surface area (Å²) in [6.07, 6.45) is 5.95. The van der Waals surface area contributed by atoms with Crippen LogP contribution in [0.1, 0.15) is 28.4 Å². The first-order valence-electron chi connectivity index (χ1n) is 9.61. The van der Waals surface area contributed by atoms with Crippen molar-refractivity contribution in [3.8, 4) is 0 Å². The SMILES string of the molecule is O=C(C1=C(O)C(=O)N(CCCn2ccnc2)C1c1ccc(Br)cc1)c1ccccc1. The lowest BCUT2D eigenvalue weighted by atomic mass is 9.93. The fourth-order valence-electron chi connectivity index (χ4n) is 3.70. The second-order valence-electron chi connectivity index (χ2n) is 7.06. The number of Topliss-reactive ketones (excluding diaryl/α,β-unsaturated/α-hetero) is 1. The zero-order valence-electron chi connectivity index (χ0n) is 16.1. The lowest BCUT2D eigenvalue weighted by Gasteiger charge is -2.27. The van der Waals surface area contributed by atoms with Crippen LogP contribution in [0.15, 0.2) is 89.1 Å². The monoisotopic (exact) mass is 465 g/mol. The minimum Gasteiger partial charge on any atom is -0.503 e. The first kappa shape index (κ1) is 20.1. The highest BCUT2D eigenvalue weighted by atomic mass is 79.9. The van der Waals surface area contributed by atoms with Crippen molar-refractivity contribution in [1.82, 2.24) is 14.5 Å². The molecule has 1 atom stereocenters. The van der Waals surface area contributed by atoms with Crippen LogP contribution >= 0.6 is 15.9 Å². The molecule has 0 saturated heterocycles. The number of aryl methyl sites for hydroxylation is 1. The van der Waals surface area contributed by atoms with Crippen molar-refractivity contribution >= 4 is 27.6 Å². The second-order valence-corrected chi connectivity index (χ2v) is 7.98. The molecule has 6 nitrogen and oxygen atoms in total. The topological polar surface area (TPSA) is 75.4 Å². The highest BCUT2D eigenvalue weighted by Gasteiger charge is 2.43. The Labute approximate surface area is 182 Å². The van der Waals surface area contributed by atoms with E-state index in [0.717, 1.165) is 10.0 Å². The molecule has 7 heteroatoms. The largest absolute Gasteiger partial charge is 0.503 e. The molecule has 1 N–H and O–H groups in total. The number of imidazole rings is 1. The predicted molar refractivity (Wildman–Crippen MR) is 116 cm³/mol. The lowest BCUT2D eigenvalue weighted by molar-refractivity contribution is -0.129. The van der Waals surface area contributed by atoms with E-state index < -0.39 is 17.7 Å². The second kappa shape index (κ2) is 8.67. The highest BCUT2D eigenvalue weighted by molar-refractivity contribution is 9.10. The summed E-state index contributed by atoms with van der Waals surface area (Å²) in [7, 11) is 0. The minimum atomic E-state index is -0.638. The number of carbonyl (C=O) groups is 2. The third-order valence-corrected chi connectivity index (χ3v) is 5.67. The molecule has 2 heterocycles. The number of halogens is 1. The van der Waals surface area contributed by atoms with Crippen LogP contribution in [0.3, 0.4) is 0 Å². The predicted octanol–water partition coefficient (Wildman–Crippen LogP) is 4.31. The average Bonchev–Trinajstić information content (AvgIpc) is 3.37. The van der Waals surface area contributed by atoms with Gasteiger partial charge in [0, 0.05) is 35.5 Å². The van der Waals surface area contributed by atoms with Gasteiger partial charge in [-0.2, -0.15) is 0 Å². The van der Waals surface area contributed by atoms with E-state index in [9.17, 15) is 14.7 Å². The number of rotatable bonds is 7. The van der Waals surface area contributed by atoms with Crippen LogP contribution in [0.5, 0.6) is 0 Å². The third kappa shape index (κ3) is 3.93. The molecule has 1 amide bonds. The molecule has 1 aliphatic rings. The number of aromatic nitrogens is 2. The van der Waals surface area contributed by atoms with E-state index in [4.69, 9.17) is 0 Å². The number of ketones is 1. The molecule has 0 saturated carbocycles. The van der Waals surface area contributed by atoms with Gasteiger partial charge in [0.05, 0.1) is 17.9 Å². The Kier molecular flexibility index (Phi) is 5.81. The number of nitrogens with zero attached hydrogens (tertiary/aromatic N) is 3. The Morgan fingerprint density at radius 3 is 2.47 bits per heavy atom. The van der Waals surface area contributed by atoms with Gasteiger partial charge < -0.3 is 14.6 Å². The molecule has 3 aromatic rings. The van der Waals surface area contributed by atoms with E-state index in [1.165, 1.54) is 0 Å². The van der Waals surface area contributed by atoms with Gasteiger partial charge in [-0.05, 0) is 24.1 Å². The summed E-state index contributed by atoms with van der Waals surface area (Å²) >= 11 is 3.42. The molecular weight excluding hydrogens is 446 g/mol. The lowest BCUT2D eigenvalue weighted by Crippen LogP contribution is -2.32. The van der Waals surface area contributed by atoms with Crippen molar-refractivity contribution in [1.29, 1.82) is 0 Å². The Hall–Kier alpha value is -3.19. The molecule has 152 valence electrons. The zero-order chi connectivity index (χ0) is 21.1. The van der Waals surface area contributed by atoms with Gasteiger partial charge in [-0.3, -0.25) is 9.59 Å². The standard InChI is InChI=1S/C23H20BrN3O3/c24-18-9-7-16(8-10-18)20-19(21(28)17-5-2-1-3-6-17)22(29)23(30)27(20)13-4-12-26-14-11-25-15-26/h1-3,5-11,14-15,20,29H,4,12-13H2. The summed E-state index contributed by atoms with van der Waals surface area (Å²) in [4.78, 5) is 31.8. The van der Waals surface area contributed by atoms with Crippen molar-refractivity contribution in [2.45, 2.75) is 19.0 Å². The highest BCUT2D eigenvalue weighted by Crippen LogP contribution is 2.39. The molecule has 30 heavy (non-hydrogen) atoms. The molecule has 1 aliphatic heterocycles. The van der Waals surface area contributed by atoms with Crippen molar-refractivity contribution in [3.63, 3.8) is 0 Å². The van der Waals surface area contributed by atoms with Crippen molar-refractivity contribution in [2.75, 3.05) is 6.54 Å². The Morgan fingerprint density at radius 1 is 1.07 bits per heavy atom. The molecule has 4 rings (SSSR count). The van der Waals surface area contributed by atoms with Gasteiger partial charge in [0.25, 0.3) is 5.91 Å². The van der Waals surface area contributed by atoms with Crippen molar-refractivity contribution in [3.05, 3.63) is 100 Å². The number of hydrogen-bond donors (Lipinski definition) is 1. The summed E-state index contributed by atoms with van der Waals surface area (Å²) < 4.78 is 2.82. The third-order valence-electron chi connectivity index (χ3n) is 5.14. The number of benzene rings is 2. The molecule has 0 radical (unpaired) electrons. The quantitative estimate of drug-likeness (QED) is 0.527. The van der Waals surface area contributed by atoms with Gasteiger partial charge in [-0.25, -0.2) is 4.98 Å². The van der Waals surface area contributed by atoms with Crippen LogP contribution in [0.2, 0.25) is 0 Å². The fraction of sp³-hybridized carbons (Fsp3) is 0.174. The molecule has 0 fully saturated rings. The molecule has 1 aromatic heterocycles. The van der Waals surface area contributed by atoms with Gasteiger partial charge in [-0.1, -0.05) is 58.4 Å². The maximum atomic E-state index is 13.2. The average molecular weight is 466 g/mol. The van der Waals surface area contributed by atoms with E-state index in [1.807, 2.05) is 41.1 Å². The maximum absolute atomic E-state index is 13.2. The molecule has 2 aromatic carbocycles. The normalized spacial score (nSPS) is 16.4. The molecular formula is C23H20BrN3O3. The Bertz CT molecular complexity index is 1080. The fourth-order valence-corrected chi connectivity index (χ4v) is 3.96. The zero-order valence-corrected chi connectivity index (χ0v) is 17.7. The number of aliphatic hydroxyl groups excluding tert-OH is 1. The number of amides is 1. The first-order valence-corrected chi connectivity index (χ1v) is 10.4. The van der Waals surface area contributed by atoms with Crippen LogP contribution < -0.4 is 0 Å². The van der Waals surface area contributed by atoms with Gasteiger partial charge in [0.15, 0.2) is 11.5 Å². The van der Waals surface area contributed by atoms with E-state index >= 15 is 0 Å². The summed E-state index contributed by atoms with van der Waals surface area (Å²) in [5.41, 5.74) is 1.34. The maximum Gasteiger partial charge on any atom is 0.290 e. The van der Waals surface area contributed by atoms with E-state index in [1.54, 1.807) is 41.7 Å². The number of hydrogen-bond acceptors (Lipinski definition) is 4. The minimum absolute atomic E-state index is 0.121. The smallest absolute Gasteiger partial charge is 0.290 e. The van der Waals surface area contributed by atoms with Gasteiger partial charge >= 0.3 is 0 Å². The van der Waals surface area contributed by atoms with E-state index in [0.29, 0.717) is 25.1 Å². The van der Waals surface area contributed by atoms with Crippen LogP contribution in [-0.4, -0.2) is 37.8 Å². The molecule has 0 bridgehead atoms. The van der Waals surface area contributed by atoms with Crippen molar-refractivity contribution < 1.29 is 14.7 Å². The number of carbonyl (C=O) groups excluding carboxylic acids is 2. The van der Waals surface area contributed by atoms with Gasteiger partial charge in [0.2, 0.25) is 0 Å². The summed E-state index contributed by atoms with van der Waals surface area (Å²) in [6.45, 7) is 1.08.